The fourth-order valence-electron chi connectivity index (χ4n) is 3.48. The Morgan fingerprint density at radius 3 is 0.735 bits per heavy atom. The van der Waals surface area contributed by atoms with Crippen molar-refractivity contribution >= 4 is 37.1 Å². The predicted octanol–water partition coefficient (Wildman–Crippen LogP) is 4.56. The van der Waals surface area contributed by atoms with E-state index in [0.29, 0.717) is 0 Å². The van der Waals surface area contributed by atoms with Gasteiger partial charge in [0.15, 0.2) is 5.90 Å². The van der Waals surface area contributed by atoms with E-state index in [1.807, 2.05) is 0 Å². The molecule has 0 unspecified atom stereocenters. The summed E-state index contributed by atoms with van der Waals surface area (Å²) in [6.45, 7) is 13.5. The molecule has 6 heteroatoms. The predicted molar refractivity (Wildman–Crippen MR) is 138 cm³/mol. The summed E-state index contributed by atoms with van der Waals surface area (Å²) in [7, 11) is -1.69. The molecule has 4 rings (SSSR count). The van der Waals surface area contributed by atoms with E-state index in [0.717, 1.165) is 0 Å². The van der Waals surface area contributed by atoms with E-state index in [9.17, 15) is 0 Å². The van der Waals surface area contributed by atoms with E-state index >= 15 is 0 Å². The molecule has 170 valence electrons. The molecule has 0 atom stereocenters. The average Bonchev–Trinajstić information content (AvgIpc) is 2.94. The van der Waals surface area contributed by atoms with Crippen molar-refractivity contribution in [3.63, 3.8) is 0 Å². The molecule has 0 heterocycles. The Morgan fingerprint density at radius 1 is 0.382 bits per heavy atom. The summed E-state index contributed by atoms with van der Waals surface area (Å²) in [4.78, 5) is 0. The molecule has 0 bridgehead atoms. The monoisotopic (exact) mass is 526 g/mol. The first-order valence-corrected chi connectivity index (χ1v) is 13.4. The quantitative estimate of drug-likeness (QED) is 0.153. The maximum atomic E-state index is 7.50. The Kier molecular flexibility index (Phi) is 18.4. The molecular weight excluding hydrogens is 502 g/mol. The van der Waals surface area contributed by atoms with E-state index in [1.54, 1.807) is 0 Å². The van der Waals surface area contributed by atoms with Crippen molar-refractivity contribution in [2.24, 2.45) is 0 Å². The van der Waals surface area contributed by atoms with Crippen LogP contribution in [0.15, 0.2) is 121 Å². The molecule has 3 nitrogen and oxygen atoms in total. The number of hydrogen-bond acceptors (Lipinski definition) is 0. The molecule has 0 amide bonds. The van der Waals surface area contributed by atoms with Crippen molar-refractivity contribution in [3.8, 4) is 0 Å². The summed E-state index contributed by atoms with van der Waals surface area (Å²) >= 11 is 0. The second-order valence-corrected chi connectivity index (χ2v) is 12.2. The van der Waals surface area contributed by atoms with Gasteiger partial charge in [0.25, 0.3) is 0 Å². The van der Waals surface area contributed by atoms with Gasteiger partial charge >= 0.3 is 33.9 Å². The van der Waals surface area contributed by atoms with E-state index in [2.05, 4.69) is 141 Å². The third-order valence-corrected chi connectivity index (χ3v) is 11.8. The molecular formula is C28H24FeO3P2+2. The van der Waals surface area contributed by atoms with Crippen LogP contribution in [-0.2, 0) is 31.0 Å². The summed E-state index contributed by atoms with van der Waals surface area (Å²) in [5.74, 6) is 1.25. The van der Waals surface area contributed by atoms with Gasteiger partial charge in [-0.1, -0.05) is 72.8 Å². The maximum Gasteiger partial charge on any atom is 0.174 e. The van der Waals surface area contributed by atoms with Crippen LogP contribution in [0.25, 0.3) is 0 Å². The van der Waals surface area contributed by atoms with Gasteiger partial charge in [-0.15, -0.1) is 0 Å². The summed E-state index contributed by atoms with van der Waals surface area (Å²) in [5.41, 5.74) is 0. The van der Waals surface area contributed by atoms with Crippen LogP contribution in [0.4, 0.5) is 0 Å². The summed E-state index contributed by atoms with van der Waals surface area (Å²) < 4.78 is 22.5. The Labute approximate surface area is 214 Å². The van der Waals surface area contributed by atoms with E-state index in [4.69, 9.17) is 14.0 Å². The first-order chi connectivity index (χ1) is 16.4. The molecule has 0 radical (unpaired) electrons. The van der Waals surface area contributed by atoms with Gasteiger partial charge in [0.2, 0.25) is 0 Å². The van der Waals surface area contributed by atoms with E-state index in [-0.39, 0.29) is 17.1 Å². The van der Waals surface area contributed by atoms with Gasteiger partial charge in [0.05, 0.1) is 0 Å². The molecule has 0 aromatic heterocycles. The van der Waals surface area contributed by atoms with Crippen LogP contribution in [0.2, 0.25) is 0 Å². The van der Waals surface area contributed by atoms with Crippen LogP contribution < -0.4 is 21.2 Å². The first kappa shape index (κ1) is 31.5. The van der Waals surface area contributed by atoms with Crippen molar-refractivity contribution in [3.05, 3.63) is 141 Å². The van der Waals surface area contributed by atoms with Crippen LogP contribution in [0, 0.1) is 20.0 Å². The molecule has 0 N–H and O–H groups in total. The van der Waals surface area contributed by atoms with Crippen LogP contribution in [-0.4, -0.2) is 5.90 Å². The molecule has 0 aliphatic heterocycles. The van der Waals surface area contributed by atoms with Crippen LogP contribution in [0.5, 0.6) is 0 Å². The Morgan fingerprint density at radius 2 is 0.559 bits per heavy atom. The largest absolute Gasteiger partial charge is 0.174 e. The molecule has 34 heavy (non-hydrogen) atoms. The van der Waals surface area contributed by atoms with Gasteiger partial charge < -0.3 is 0 Å². The molecule has 0 fully saturated rings. The van der Waals surface area contributed by atoms with E-state index in [1.165, 1.54) is 27.1 Å². The topological polar surface area (TPSA) is 59.7 Å². The zero-order valence-electron chi connectivity index (χ0n) is 18.3. The molecule has 0 aliphatic carbocycles. The van der Waals surface area contributed by atoms with Gasteiger partial charge in [-0.3, -0.25) is 0 Å². The van der Waals surface area contributed by atoms with Gasteiger partial charge in [-0.2, -0.15) is 0 Å². The molecule has 4 aromatic rings. The normalized spacial score (nSPS) is 8.94. The van der Waals surface area contributed by atoms with Crippen molar-refractivity contribution in [2.45, 2.75) is 0 Å². The second-order valence-electron chi connectivity index (χ2n) is 6.60. The number of benzene rings is 4. The SMILES string of the molecule is [C-]#[O+].[C-]#[O+].[C-]#[O+].[Fe].c1ccc([PH+](C[PH+](c2ccccc2)c2ccccc2)c2ccccc2)cc1. The Balaban J connectivity index is 0.00000145. The molecule has 4 aromatic carbocycles. The number of rotatable bonds is 6. The minimum Gasteiger partial charge on any atom is -0.0620 e. The third-order valence-electron chi connectivity index (χ3n) is 4.84. The van der Waals surface area contributed by atoms with Crippen molar-refractivity contribution in [2.75, 3.05) is 5.90 Å². The molecule has 0 saturated heterocycles. The van der Waals surface area contributed by atoms with Crippen LogP contribution >= 0.6 is 15.8 Å². The van der Waals surface area contributed by atoms with E-state index < -0.39 is 15.8 Å². The second kappa shape index (κ2) is 19.9. The standard InChI is InChI=1S/C25H22P2.3CO.Fe/c1-5-13-22(14-6-1)26(23-15-7-2-8-16-23)21-27(24-17-9-3-10-18-24)25-19-11-4-12-20-25;3*1-2;/h1-20H,21H2;;;;/p+2. The molecule has 0 saturated carbocycles. The summed E-state index contributed by atoms with van der Waals surface area (Å²) in [6.07, 6.45) is 0. The van der Waals surface area contributed by atoms with Crippen LogP contribution in [0.3, 0.4) is 0 Å². The Bertz CT molecular complexity index is 913. The van der Waals surface area contributed by atoms with Crippen molar-refractivity contribution < 1.29 is 31.0 Å². The fourth-order valence-corrected chi connectivity index (χ4v) is 11.2. The van der Waals surface area contributed by atoms with Gasteiger partial charge in [0.1, 0.15) is 37.1 Å². The molecule has 0 aliphatic rings. The van der Waals surface area contributed by atoms with Crippen molar-refractivity contribution in [1.29, 1.82) is 0 Å². The smallest absolute Gasteiger partial charge is 0.0620 e. The number of hydrogen-bond donors (Lipinski definition) is 0. The summed E-state index contributed by atoms with van der Waals surface area (Å²) in [5, 5.41) is 6.01. The Hall–Kier alpha value is -2.52. The van der Waals surface area contributed by atoms with Crippen LogP contribution in [0.1, 0.15) is 0 Å². The zero-order valence-corrected chi connectivity index (χ0v) is 21.4. The van der Waals surface area contributed by atoms with Crippen molar-refractivity contribution in [1.82, 2.24) is 0 Å². The minimum atomic E-state index is -0.847. The van der Waals surface area contributed by atoms with Gasteiger partial charge in [0, 0.05) is 17.1 Å². The average molecular weight is 526 g/mol. The van der Waals surface area contributed by atoms with Gasteiger partial charge in [-0.25, -0.2) is 0 Å². The van der Waals surface area contributed by atoms with Gasteiger partial charge in [-0.05, 0) is 48.5 Å². The third kappa shape index (κ3) is 9.77. The summed E-state index contributed by atoms with van der Waals surface area (Å²) in [6, 6.07) is 44.5. The molecule has 0 spiro atoms. The zero-order chi connectivity index (χ0) is 24.3. The fraction of sp³-hybridized carbons (Fsp3) is 0.0357. The maximum absolute atomic E-state index is 7.50. The minimum absolute atomic E-state index is 0. The first-order valence-electron chi connectivity index (χ1n) is 9.96.